The summed E-state index contributed by atoms with van der Waals surface area (Å²) in [5.74, 6) is 0.681. The lowest BCUT2D eigenvalue weighted by Gasteiger charge is -2.37. The molecule has 2 aliphatic heterocycles. The number of nitrogens with zero attached hydrogens (tertiary/aromatic N) is 2. The molecule has 2 saturated heterocycles. The van der Waals surface area contributed by atoms with Gasteiger partial charge in [0, 0.05) is 5.41 Å². The minimum absolute atomic E-state index is 0.0212. The van der Waals surface area contributed by atoms with E-state index in [1.165, 1.54) is 5.56 Å². The summed E-state index contributed by atoms with van der Waals surface area (Å²) in [6.45, 7) is 23.2. The van der Waals surface area contributed by atoms with Crippen molar-refractivity contribution in [3.63, 3.8) is 0 Å². The van der Waals surface area contributed by atoms with Crippen molar-refractivity contribution in [1.29, 1.82) is 0 Å². The van der Waals surface area contributed by atoms with Crippen LogP contribution in [0.2, 0.25) is 0 Å². The van der Waals surface area contributed by atoms with E-state index in [0.29, 0.717) is 24.7 Å². The highest BCUT2D eigenvalue weighted by atomic mass is 31.2. The van der Waals surface area contributed by atoms with E-state index in [-0.39, 0.29) is 12.0 Å². The first-order valence-electron chi connectivity index (χ1n) is 21.3. The molecule has 59 heavy (non-hydrogen) atoms. The smallest absolute Gasteiger partial charge is 0.390 e. The van der Waals surface area contributed by atoms with Crippen molar-refractivity contribution < 1.29 is 53.1 Å². The van der Waals surface area contributed by atoms with Gasteiger partial charge in [-0.3, -0.25) is 9.05 Å². The Bertz CT molecular complexity index is 1630. The van der Waals surface area contributed by atoms with Crippen LogP contribution in [-0.2, 0) is 29.0 Å². The zero-order valence-corrected chi connectivity index (χ0v) is 38.9. The molecule has 2 fully saturated rings. The summed E-state index contributed by atoms with van der Waals surface area (Å²) in [5, 5.41) is 30.8. The highest BCUT2D eigenvalue weighted by molar-refractivity contribution is 7.46. The Kier molecular flexibility index (Phi) is 19.1. The number of hydrogen-bond acceptors (Lipinski definition) is 9. The average Bonchev–Trinajstić information content (AvgIpc) is 3.12. The maximum Gasteiger partial charge on any atom is 0.470 e. The minimum Gasteiger partial charge on any atom is -0.390 e. The molecule has 2 atom stereocenters. The number of aliphatic hydroxyl groups is 3. The van der Waals surface area contributed by atoms with Gasteiger partial charge in [-0.05, 0) is 158 Å². The highest BCUT2D eigenvalue weighted by Crippen LogP contribution is 2.44. The van der Waals surface area contributed by atoms with Crippen molar-refractivity contribution >= 4 is 15.6 Å². The van der Waals surface area contributed by atoms with E-state index in [9.17, 15) is 34.2 Å². The van der Waals surface area contributed by atoms with Crippen LogP contribution in [0.1, 0.15) is 148 Å². The third kappa shape index (κ3) is 18.8. The number of benzene rings is 2. The third-order valence-corrected chi connectivity index (χ3v) is 13.1. The fraction of sp³-hybridized carbons (Fsp3) is 0.727. The molecule has 2 aromatic carbocycles. The maximum atomic E-state index is 11.5. The molecule has 2 unspecified atom stereocenters. The molecule has 0 aromatic heterocycles. The van der Waals surface area contributed by atoms with E-state index >= 15 is 0 Å². The number of aliphatic hydroxyl groups excluding tert-OH is 1. The molecule has 2 aromatic rings. The van der Waals surface area contributed by atoms with Crippen molar-refractivity contribution in [3.05, 3.63) is 70.8 Å². The van der Waals surface area contributed by atoms with Gasteiger partial charge in [0.15, 0.2) is 0 Å². The summed E-state index contributed by atoms with van der Waals surface area (Å²) in [6.07, 6.45) is 5.71. The number of hydrogen-bond donors (Lipinski definition) is 7. The summed E-state index contributed by atoms with van der Waals surface area (Å²) < 4.78 is 32.2. The average molecular weight is 871 g/mol. The molecular formula is C44H76N2O11P2. The Morgan fingerprint density at radius 1 is 0.627 bits per heavy atom. The second-order valence-electron chi connectivity index (χ2n) is 19.6. The summed E-state index contributed by atoms with van der Waals surface area (Å²) in [5.41, 5.74) is 1.92. The summed E-state index contributed by atoms with van der Waals surface area (Å²) in [6, 6.07) is 15.3. The minimum atomic E-state index is -4.57. The van der Waals surface area contributed by atoms with E-state index in [0.717, 1.165) is 94.5 Å². The predicted molar refractivity (Wildman–Crippen MR) is 233 cm³/mol. The first kappa shape index (κ1) is 51.8. The van der Waals surface area contributed by atoms with E-state index in [1.54, 1.807) is 0 Å². The van der Waals surface area contributed by atoms with Crippen LogP contribution in [0.5, 0.6) is 0 Å². The van der Waals surface area contributed by atoms with Crippen LogP contribution < -0.4 is 0 Å². The molecular weight excluding hydrogens is 794 g/mol. The van der Waals surface area contributed by atoms with Gasteiger partial charge in [0.05, 0.1) is 30.0 Å². The van der Waals surface area contributed by atoms with Crippen molar-refractivity contribution in [2.24, 2.45) is 11.8 Å². The predicted octanol–water partition coefficient (Wildman–Crippen LogP) is 7.77. The molecule has 0 aliphatic carbocycles. The first-order chi connectivity index (χ1) is 27.0. The van der Waals surface area contributed by atoms with Gasteiger partial charge < -0.3 is 44.7 Å². The largest absolute Gasteiger partial charge is 0.470 e. The van der Waals surface area contributed by atoms with Crippen molar-refractivity contribution in [2.45, 2.75) is 148 Å². The molecule has 0 radical (unpaired) electrons. The Morgan fingerprint density at radius 2 is 1.03 bits per heavy atom. The molecule has 0 spiro atoms. The SMILES string of the molecule is CC(C)(C)c1ccc(C(CCCN2CCC(C(C)(C)O)CC2)OP(=O)(O)O)cc1.CC(C)(COP(=O)(O)O)c1ccc(C(O)CCCN2CCC(C(C)(C)O)CC2)cc1. The van der Waals surface area contributed by atoms with Crippen LogP contribution in [0.4, 0.5) is 0 Å². The molecule has 13 nitrogen and oxygen atoms in total. The fourth-order valence-electron chi connectivity index (χ4n) is 8.03. The van der Waals surface area contributed by atoms with Crippen LogP contribution in [0.3, 0.4) is 0 Å². The molecule has 0 amide bonds. The van der Waals surface area contributed by atoms with Gasteiger partial charge in [-0.2, -0.15) is 0 Å². The summed E-state index contributed by atoms with van der Waals surface area (Å²) >= 11 is 0. The molecule has 0 saturated carbocycles. The van der Waals surface area contributed by atoms with Gasteiger partial charge in [-0.1, -0.05) is 83.1 Å². The van der Waals surface area contributed by atoms with Gasteiger partial charge in [0.1, 0.15) is 0 Å². The zero-order valence-electron chi connectivity index (χ0n) is 37.1. The second kappa shape index (κ2) is 21.7. The van der Waals surface area contributed by atoms with E-state index < -0.39 is 44.5 Å². The van der Waals surface area contributed by atoms with Gasteiger partial charge in [-0.15, -0.1) is 0 Å². The monoisotopic (exact) mass is 870 g/mol. The topological polar surface area (TPSA) is 201 Å². The lowest BCUT2D eigenvalue weighted by molar-refractivity contribution is -0.0133. The molecule has 15 heteroatoms. The van der Waals surface area contributed by atoms with Gasteiger partial charge in [0.25, 0.3) is 0 Å². The zero-order chi connectivity index (χ0) is 44.5. The summed E-state index contributed by atoms with van der Waals surface area (Å²) in [4.78, 5) is 41.3. The van der Waals surface area contributed by atoms with Crippen LogP contribution in [0.15, 0.2) is 48.5 Å². The number of phosphoric acid groups is 2. The lowest BCUT2D eigenvalue weighted by Crippen LogP contribution is -2.42. The van der Waals surface area contributed by atoms with Crippen LogP contribution in [0, 0.1) is 11.8 Å². The first-order valence-corrected chi connectivity index (χ1v) is 24.3. The van der Waals surface area contributed by atoms with Gasteiger partial charge in [0.2, 0.25) is 0 Å². The third-order valence-electron chi connectivity index (χ3n) is 12.1. The Morgan fingerprint density at radius 3 is 1.42 bits per heavy atom. The number of phosphoric ester groups is 2. The normalized spacial score (nSPS) is 18.6. The number of piperidine rings is 2. The molecule has 2 heterocycles. The Labute approximate surface area is 354 Å². The fourth-order valence-corrected chi connectivity index (χ4v) is 9.08. The van der Waals surface area contributed by atoms with Crippen LogP contribution in [0.25, 0.3) is 0 Å². The quantitative estimate of drug-likeness (QED) is 0.0718. The second-order valence-corrected chi connectivity index (χ2v) is 22.0. The number of likely N-dealkylation sites (tertiary alicyclic amines) is 2. The van der Waals surface area contributed by atoms with Crippen molar-refractivity contribution in [2.75, 3.05) is 45.9 Å². The lowest BCUT2D eigenvalue weighted by atomic mass is 9.83. The van der Waals surface area contributed by atoms with Crippen LogP contribution in [-0.4, -0.2) is 102 Å². The standard InChI is InChI=1S/C22H38NO6P.C22H38NO5P/c1-21(2,16-29-30(26,27)28)18-9-7-17(8-10-18)20(24)6-5-13-23-14-11-19(12-15-23)22(3,4)25;1-21(2,3)18-10-8-17(9-11-18)20(28-29(25,26)27)7-6-14-23-15-12-19(13-16-23)22(4,5)24/h7-10,19-20,24-25H,5-6,11-16H2,1-4H3,(H2,26,27,28);8-11,19-20,24H,6-7,12-16H2,1-5H3,(H2,25,26,27). The van der Waals surface area contributed by atoms with Crippen molar-refractivity contribution in [1.82, 2.24) is 9.80 Å². The van der Waals surface area contributed by atoms with E-state index in [2.05, 4.69) is 35.1 Å². The molecule has 2 aliphatic rings. The molecule has 338 valence electrons. The van der Waals surface area contributed by atoms with Gasteiger partial charge >= 0.3 is 15.6 Å². The molecule has 0 bridgehead atoms. The number of rotatable bonds is 18. The molecule has 7 N–H and O–H groups in total. The molecule has 4 rings (SSSR count). The Balaban J connectivity index is 0.000000316. The van der Waals surface area contributed by atoms with Gasteiger partial charge in [-0.25, -0.2) is 9.13 Å². The summed E-state index contributed by atoms with van der Waals surface area (Å²) in [7, 11) is -9.07. The van der Waals surface area contributed by atoms with E-state index in [1.807, 2.05) is 90.1 Å². The van der Waals surface area contributed by atoms with E-state index in [4.69, 9.17) is 14.3 Å². The van der Waals surface area contributed by atoms with Crippen molar-refractivity contribution in [3.8, 4) is 0 Å². The maximum absolute atomic E-state index is 11.5. The Hall–Kier alpha value is -1.54. The van der Waals surface area contributed by atoms with Crippen LogP contribution >= 0.6 is 15.6 Å². The highest BCUT2D eigenvalue weighted by Gasteiger charge is 2.32.